The Labute approximate surface area is 801 Å². The van der Waals surface area contributed by atoms with E-state index in [1.54, 1.807) is 0 Å². The second-order valence-corrected chi connectivity index (χ2v) is 39.3. The largest absolute Gasteiger partial charge is 0.325 e. The fraction of sp³-hybridized carbons (Fsp3) is 0.222. The maximum absolute atomic E-state index is 4.77. The number of allylic oxidation sites excluding steroid dienone is 8. The molecule has 4 aromatic carbocycles. The summed E-state index contributed by atoms with van der Waals surface area (Å²) in [4.78, 5) is 38.0. The van der Waals surface area contributed by atoms with Crippen LogP contribution in [0.1, 0.15) is 58.3 Å². The number of hydrogen-bond acceptors (Lipinski definition) is 21. The maximum atomic E-state index is 4.77. The van der Waals surface area contributed by atoms with Crippen molar-refractivity contribution in [1.29, 1.82) is 0 Å². The van der Waals surface area contributed by atoms with Gasteiger partial charge in [0.05, 0.1) is 0 Å². The van der Waals surface area contributed by atoms with Gasteiger partial charge in [0.1, 0.15) is 13.3 Å². The van der Waals surface area contributed by atoms with Gasteiger partial charge in [-0.15, -0.1) is 90.1 Å². The molecule has 13 aromatic rings. The molecule has 0 spiro atoms. The average molecular weight is 2710 g/mol. The van der Waals surface area contributed by atoms with E-state index in [2.05, 4.69) is 276 Å². The summed E-state index contributed by atoms with van der Waals surface area (Å²) in [6.07, 6.45) is 22.9. The van der Waals surface area contributed by atoms with Crippen molar-refractivity contribution in [1.82, 2.24) is 42.5 Å². The van der Waals surface area contributed by atoms with Crippen molar-refractivity contribution in [3.8, 4) is 81.5 Å². The number of nitrogens with zero attached hydrogens (tertiary/aromatic N) is 4. The fourth-order valence-corrected chi connectivity index (χ4v) is 27.6. The number of benzene rings is 4. The molecule has 12 nitrogen and oxygen atoms in total. The topological polar surface area (TPSA) is 146 Å². The van der Waals surface area contributed by atoms with Gasteiger partial charge in [0.25, 0.3) is 0 Å². The van der Waals surface area contributed by atoms with E-state index >= 15 is 0 Å². The normalized spacial score (nSPS) is 21.6. The van der Waals surface area contributed by atoms with Crippen LogP contribution >= 0.6 is 102 Å². The van der Waals surface area contributed by atoms with Crippen molar-refractivity contribution < 1.29 is 126 Å². The van der Waals surface area contributed by atoms with E-state index in [1.165, 1.54) is 165 Å². The van der Waals surface area contributed by atoms with Gasteiger partial charge in [0, 0.05) is 251 Å². The number of fused-ring (bicyclic) bond motifs is 12. The van der Waals surface area contributed by atoms with E-state index in [4.69, 9.17) is 9.98 Å². The van der Waals surface area contributed by atoms with Crippen molar-refractivity contribution in [2.45, 2.75) is 89.9 Å². The van der Waals surface area contributed by atoms with Crippen LogP contribution in [0.5, 0.6) is 0 Å². The van der Waals surface area contributed by atoms with Crippen LogP contribution in [0.2, 0.25) is 0 Å². The van der Waals surface area contributed by atoms with Gasteiger partial charge in [-0.25, -0.2) is 48.6 Å². The Balaban J connectivity index is 0.000000169. The molecule has 0 saturated carbocycles. The van der Waals surface area contributed by atoms with Gasteiger partial charge in [0.15, 0.2) is 0 Å². The number of hydrogen-bond donors (Lipinski definition) is 8. The Hall–Kier alpha value is -4.11. The van der Waals surface area contributed by atoms with Crippen molar-refractivity contribution in [3.63, 3.8) is 0 Å². The first-order chi connectivity index (χ1) is 54.4. The van der Waals surface area contributed by atoms with Gasteiger partial charge in [-0.1, -0.05) is 89.1 Å². The van der Waals surface area contributed by atoms with Crippen molar-refractivity contribution in [3.05, 3.63) is 256 Å². The molecule has 117 heavy (non-hydrogen) atoms. The van der Waals surface area contributed by atoms with Crippen LogP contribution < -0.4 is 64.0 Å². The molecular formula is C90H70N12S9W6-6. The van der Waals surface area contributed by atoms with Gasteiger partial charge in [-0.3, -0.25) is 31.3 Å². The van der Waals surface area contributed by atoms with Crippen LogP contribution in [0.4, 0.5) is 0 Å². The molecule has 9 aromatic heterocycles. The zero-order chi connectivity index (χ0) is 74.0. The SMILES string of the molecule is CC1=[C-]C=C(c2ccc(-c3cc(-c4ccc(C5=C[C-]=C(C)C6NCNC56)s4)cc(-c4ccc(-c5c[c-]c(C)c6c5=NCN=6)s4)c3)s2)C2NCNC12.CC1=[C-]C=C(c2ccc(-c3cc4c(s3)c3cc(-c5ccc(C6=C[C-]=C(C)C7NCNC67)s5)sc3c3cc(-c5ccc(-c6c[c-]c(C)c7c6=NCN=7)s5)sc43)s2)C2NCNC12.[W].[W].[W].[W].[W].[W]. The van der Waals surface area contributed by atoms with E-state index in [0.717, 1.165) is 70.4 Å². The predicted octanol–water partition coefficient (Wildman–Crippen LogP) is 17.5. The zero-order valence-electron chi connectivity index (χ0n) is 63.6. The quantitative estimate of drug-likeness (QED) is 0.0565. The monoisotopic (exact) mass is 2710 g/mol. The van der Waals surface area contributed by atoms with E-state index in [1.807, 2.05) is 102 Å². The minimum atomic E-state index is 0. The van der Waals surface area contributed by atoms with Crippen LogP contribution in [0, 0.1) is 50.3 Å². The van der Waals surface area contributed by atoms with Gasteiger partial charge < -0.3 is 31.3 Å². The van der Waals surface area contributed by atoms with Crippen LogP contribution in [0.15, 0.2) is 188 Å². The zero-order valence-corrected chi connectivity index (χ0v) is 88.6. The average Bonchev–Trinajstić information content (AvgIpc) is 1.56. The number of aryl methyl sites for hydroxylation is 2. The Kier molecular flexibility index (Phi) is 26.2. The van der Waals surface area contributed by atoms with Crippen molar-refractivity contribution in [2.24, 2.45) is 20.0 Å². The standard InChI is InChI=1S/C48H35N6S6.C42H35N6S3.6W/c1-22-4-7-25(43-40(22)49-19-52-43)31-10-13-34(55-31)37-16-28-46(58-37)29-17-38(35-14-11-32(56-35)26-8-5-23(2)41-44(26)53-20-50-41)60-48(29)30-18-39(59-47(28)30)36-15-12-33(57-36)27-9-6-24(3)42-45(27)54-21-51-42;1-22-4-7-28(40-37(22)43-19-46-40)34-13-10-31(49-34)25-16-26(32-11-14-35(50-32)29-8-5-23(2)38-41(29)47-20-44-38)18-27(17-25)33-12-15-36(51-33)30-9-6-24(3)39-42(30)48-21-45-39;;;;;;/h7-18,40-41,43-44,49-50,52-53H,19-21H2,1-3H3;7-18,37-38,40-41,43-44,46-47H,19-21H2,1-3H3;;;;;;/q2*-3;;;;;;. The van der Waals surface area contributed by atoms with Crippen LogP contribution in [0.3, 0.4) is 0 Å². The first-order valence-corrected chi connectivity index (χ1v) is 44.9. The summed E-state index contributed by atoms with van der Waals surface area (Å²) < 4.78 is 4.11. The van der Waals surface area contributed by atoms with Crippen LogP contribution in [-0.4, -0.2) is 88.3 Å². The molecule has 23 rings (SSSR count). The minimum Gasteiger partial charge on any atom is -0.325 e. The predicted molar refractivity (Wildman–Crippen MR) is 468 cm³/mol. The molecule has 4 saturated heterocycles. The first-order valence-electron chi connectivity index (χ1n) is 37.5. The minimum absolute atomic E-state index is 0. The summed E-state index contributed by atoms with van der Waals surface area (Å²) in [5, 5.41) is 37.1. The first kappa shape index (κ1) is 86.4. The van der Waals surface area contributed by atoms with Crippen molar-refractivity contribution in [2.75, 3.05) is 40.0 Å². The van der Waals surface area contributed by atoms with Crippen LogP contribution in [-0.2, 0) is 126 Å². The molecule has 6 aliphatic heterocycles. The third kappa shape index (κ3) is 15.4. The maximum Gasteiger partial charge on any atom is 0.115 e. The summed E-state index contributed by atoms with van der Waals surface area (Å²) in [6.45, 7) is 17.1. The van der Waals surface area contributed by atoms with Crippen LogP contribution in [0.25, 0.3) is 134 Å². The molecule has 8 N–H and O–H groups in total. The second-order valence-electron chi connectivity index (χ2n) is 29.7. The summed E-state index contributed by atoms with van der Waals surface area (Å²) in [6, 6.07) is 55.3. The summed E-state index contributed by atoms with van der Waals surface area (Å²) >= 11 is 17.0. The molecule has 0 radical (unpaired) electrons. The summed E-state index contributed by atoms with van der Waals surface area (Å²) in [5.41, 5.74) is 18.4. The molecule has 8 unspecified atom stereocenters. The third-order valence-electron chi connectivity index (χ3n) is 23.1. The Bertz CT molecular complexity index is 6430. The molecular weight excluding hydrogens is 2640 g/mol. The van der Waals surface area contributed by atoms with Crippen molar-refractivity contribution >= 4 is 155 Å². The van der Waals surface area contributed by atoms with Gasteiger partial charge in [0.2, 0.25) is 0 Å². The van der Waals surface area contributed by atoms with Gasteiger partial charge >= 0.3 is 0 Å². The smallest absolute Gasteiger partial charge is 0.115 e. The molecule has 27 heteroatoms. The van der Waals surface area contributed by atoms with E-state index in [9.17, 15) is 0 Å². The fourth-order valence-electron chi connectivity index (χ4n) is 17.4. The molecule has 15 heterocycles. The second kappa shape index (κ2) is 35.5. The molecule has 0 amide bonds. The Morgan fingerprint density at radius 2 is 0.521 bits per heavy atom. The van der Waals surface area contributed by atoms with E-state index in [0.29, 0.717) is 37.5 Å². The summed E-state index contributed by atoms with van der Waals surface area (Å²) in [5.74, 6) is 0. The number of nitrogens with one attached hydrogen (secondary N) is 8. The van der Waals surface area contributed by atoms with E-state index < -0.39 is 0 Å². The molecule has 8 atom stereocenters. The molecule has 4 fully saturated rings. The molecule has 0 bridgehead atoms. The third-order valence-corrected chi connectivity index (χ3v) is 34.2. The molecule has 10 aliphatic rings. The summed E-state index contributed by atoms with van der Waals surface area (Å²) in [7, 11) is 0. The molecule has 4 aliphatic carbocycles. The van der Waals surface area contributed by atoms with Gasteiger partial charge in [-0.05, 0) is 164 Å². The van der Waals surface area contributed by atoms with E-state index in [-0.39, 0.29) is 151 Å². The Morgan fingerprint density at radius 3 is 0.838 bits per heavy atom. The molecule has 586 valence electrons. The Morgan fingerprint density at radius 1 is 0.274 bits per heavy atom. The number of rotatable bonds is 12. The van der Waals surface area contributed by atoms with Gasteiger partial charge in [-0.2, -0.15) is 91.9 Å². The number of thiophene rings is 9.